The maximum absolute atomic E-state index is 13.0. The van der Waals surface area contributed by atoms with Crippen LogP contribution < -0.4 is 0 Å². The number of methoxy groups -OCH3 is 1. The molecule has 3 rings (SSSR count). The van der Waals surface area contributed by atoms with E-state index in [-0.39, 0.29) is 54.7 Å². The van der Waals surface area contributed by atoms with Gasteiger partial charge in [-0.1, -0.05) is 50.3 Å². The molecule has 2 bridgehead atoms. The Balaban J connectivity index is 1.77. The van der Waals surface area contributed by atoms with Crippen LogP contribution in [-0.4, -0.2) is 53.6 Å². The first-order chi connectivity index (χ1) is 20.5. The number of hydrogen-bond donors (Lipinski definition) is 1. The lowest BCUT2D eigenvalue weighted by Gasteiger charge is -2.33. The van der Waals surface area contributed by atoms with Crippen LogP contribution in [0.2, 0.25) is 0 Å². The van der Waals surface area contributed by atoms with E-state index in [1.807, 2.05) is 84.1 Å². The highest BCUT2D eigenvalue weighted by molar-refractivity contribution is 5.71. The van der Waals surface area contributed by atoms with Gasteiger partial charge in [-0.3, -0.25) is 9.59 Å². The smallest absolute Gasteiger partial charge is 0.306 e. The Morgan fingerprint density at radius 1 is 1.16 bits per heavy atom. The first-order valence-corrected chi connectivity index (χ1v) is 15.4. The highest BCUT2D eigenvalue weighted by Gasteiger charge is 2.33. The molecule has 0 aliphatic carbocycles. The number of cyclic esters (lactones) is 1. The summed E-state index contributed by atoms with van der Waals surface area (Å²) in [5.41, 5.74) is 3.51. The molecule has 8 heteroatoms. The Labute approximate surface area is 256 Å². The lowest BCUT2D eigenvalue weighted by Crippen LogP contribution is -2.38. The number of esters is 2. The van der Waals surface area contributed by atoms with E-state index in [0.29, 0.717) is 18.7 Å². The maximum atomic E-state index is 13.0. The topological polar surface area (TPSA) is 108 Å². The minimum Gasteiger partial charge on any atom is -0.462 e. The SMILES string of the molecule is CO[C@@H](/C(C)=C/C=C/C(C)=C/c1coc(C)n1)[C@@H](C)[C@@H]1C[C@H](O)/C(C)=C/C=C/[C@@H](C)[C@H]2C[C@@H](CCCC(=O)O1)CC(=O)O2. The number of nitrogens with zero attached hydrogens (tertiary/aromatic N) is 1. The van der Waals surface area contributed by atoms with Crippen LogP contribution in [0.3, 0.4) is 0 Å². The van der Waals surface area contributed by atoms with Crippen LogP contribution in [0.15, 0.2) is 63.9 Å². The van der Waals surface area contributed by atoms with Crippen molar-refractivity contribution < 1.29 is 33.3 Å². The van der Waals surface area contributed by atoms with Gasteiger partial charge in [0.05, 0.1) is 12.2 Å². The third-order valence-corrected chi connectivity index (χ3v) is 8.42. The number of fused-ring (bicyclic) bond motifs is 2. The molecule has 0 spiro atoms. The number of ether oxygens (including phenoxy) is 3. The summed E-state index contributed by atoms with van der Waals surface area (Å²) in [6.07, 6.45) is 16.5. The van der Waals surface area contributed by atoms with Gasteiger partial charge in [0.25, 0.3) is 0 Å². The summed E-state index contributed by atoms with van der Waals surface area (Å²) in [6, 6.07) is 0. The lowest BCUT2D eigenvalue weighted by atomic mass is 9.85. The molecular formula is C35H49NO7. The molecule has 7 atom stereocenters. The molecule has 0 saturated carbocycles. The quantitative estimate of drug-likeness (QED) is 0.269. The second kappa shape index (κ2) is 16.6. The minimum atomic E-state index is -0.806. The summed E-state index contributed by atoms with van der Waals surface area (Å²) in [5, 5.41) is 11.1. The van der Waals surface area contributed by atoms with Gasteiger partial charge in [0.2, 0.25) is 0 Å². The van der Waals surface area contributed by atoms with Gasteiger partial charge in [0.1, 0.15) is 24.2 Å². The Bertz CT molecular complexity index is 1240. The van der Waals surface area contributed by atoms with Crippen molar-refractivity contribution in [3.63, 3.8) is 0 Å². The predicted octanol–water partition coefficient (Wildman–Crippen LogP) is 6.85. The van der Waals surface area contributed by atoms with Crippen LogP contribution in [0.25, 0.3) is 6.08 Å². The first kappa shape index (κ1) is 34.3. The van der Waals surface area contributed by atoms with Crippen molar-refractivity contribution in [1.82, 2.24) is 4.98 Å². The first-order valence-electron chi connectivity index (χ1n) is 15.4. The average Bonchev–Trinajstić information content (AvgIpc) is 3.35. The standard InChI is InChI=1S/C35H49NO7/c1-22(17-29-21-41-27(6)36-29)11-8-14-25(4)35(40-7)26(5)32-20-30(37)23(2)12-9-13-24(3)31-18-28(19-34(39)42-31)15-10-16-33(38)43-32/h8-9,11-14,17,21,24,26,28,30-32,35,37H,10,15-16,18-20H2,1-7H3/b11-8+,13-9+,22-17+,23-12+,25-14+/t24-,26+,28-,30+,31-,32+,35+/m1/s1. The molecule has 1 fully saturated rings. The number of aliphatic hydroxyl groups is 1. The number of aromatic nitrogens is 1. The molecule has 0 amide bonds. The van der Waals surface area contributed by atoms with Crippen LogP contribution in [0.5, 0.6) is 0 Å². The summed E-state index contributed by atoms with van der Waals surface area (Å²) in [6.45, 7) is 11.7. The van der Waals surface area contributed by atoms with Crippen LogP contribution in [0.1, 0.15) is 84.7 Å². The molecule has 3 heterocycles. The van der Waals surface area contributed by atoms with Crippen LogP contribution in [0.4, 0.5) is 0 Å². The van der Waals surface area contributed by atoms with Crippen molar-refractivity contribution in [3.8, 4) is 0 Å². The van der Waals surface area contributed by atoms with E-state index < -0.39 is 12.2 Å². The number of rotatable bonds is 7. The van der Waals surface area contributed by atoms with Gasteiger partial charge in [-0.15, -0.1) is 0 Å². The zero-order chi connectivity index (χ0) is 31.5. The molecule has 0 aromatic carbocycles. The molecule has 2 aliphatic rings. The zero-order valence-electron chi connectivity index (χ0n) is 26.7. The van der Waals surface area contributed by atoms with E-state index in [1.165, 1.54) is 0 Å². The summed E-state index contributed by atoms with van der Waals surface area (Å²) in [5.74, 6) is 0.155. The Hall–Kier alpha value is -3.23. The van der Waals surface area contributed by atoms with Gasteiger partial charge in [-0.05, 0) is 68.7 Å². The normalized spacial score (nSPS) is 30.2. The molecule has 43 heavy (non-hydrogen) atoms. The molecule has 1 saturated heterocycles. The monoisotopic (exact) mass is 595 g/mol. The molecule has 8 nitrogen and oxygen atoms in total. The molecule has 0 unspecified atom stereocenters. The largest absolute Gasteiger partial charge is 0.462 e. The summed E-state index contributed by atoms with van der Waals surface area (Å²) in [4.78, 5) is 29.6. The van der Waals surface area contributed by atoms with Crippen LogP contribution in [0, 0.1) is 24.7 Å². The zero-order valence-corrected chi connectivity index (χ0v) is 26.7. The van der Waals surface area contributed by atoms with Crippen molar-refractivity contribution in [1.29, 1.82) is 0 Å². The van der Waals surface area contributed by atoms with Gasteiger partial charge in [-0.25, -0.2) is 4.98 Å². The second-order valence-electron chi connectivity index (χ2n) is 12.1. The van der Waals surface area contributed by atoms with E-state index in [1.54, 1.807) is 13.4 Å². The van der Waals surface area contributed by atoms with Crippen molar-refractivity contribution >= 4 is 18.0 Å². The number of hydrogen-bond acceptors (Lipinski definition) is 8. The molecule has 2 aliphatic heterocycles. The number of oxazole rings is 1. The maximum Gasteiger partial charge on any atom is 0.306 e. The summed E-state index contributed by atoms with van der Waals surface area (Å²) in [7, 11) is 1.65. The third kappa shape index (κ3) is 10.8. The Kier molecular flexibility index (Phi) is 13.2. The fourth-order valence-electron chi connectivity index (χ4n) is 5.80. The van der Waals surface area contributed by atoms with Crippen LogP contribution >= 0.6 is 0 Å². The van der Waals surface area contributed by atoms with Crippen LogP contribution in [-0.2, 0) is 23.8 Å². The molecule has 1 aromatic rings. The molecule has 0 radical (unpaired) electrons. The highest BCUT2D eigenvalue weighted by atomic mass is 16.6. The number of aliphatic hydroxyl groups excluding tert-OH is 1. The van der Waals surface area contributed by atoms with E-state index in [4.69, 9.17) is 18.6 Å². The summed E-state index contributed by atoms with van der Waals surface area (Å²) >= 11 is 0. The fraction of sp³-hybridized carbons (Fsp3) is 0.571. The number of carbonyl (C=O) groups is 2. The molecule has 1 N–H and O–H groups in total. The van der Waals surface area contributed by atoms with Crippen molar-refractivity contribution in [2.45, 2.75) is 104 Å². The van der Waals surface area contributed by atoms with E-state index in [2.05, 4.69) is 4.98 Å². The highest BCUT2D eigenvalue weighted by Crippen LogP contribution is 2.31. The van der Waals surface area contributed by atoms with Gasteiger partial charge in [0, 0.05) is 45.1 Å². The van der Waals surface area contributed by atoms with Crippen molar-refractivity contribution in [2.75, 3.05) is 7.11 Å². The van der Waals surface area contributed by atoms with Crippen molar-refractivity contribution in [2.24, 2.45) is 17.8 Å². The molecule has 1 aromatic heterocycles. The lowest BCUT2D eigenvalue weighted by molar-refractivity contribution is -0.159. The van der Waals surface area contributed by atoms with E-state index in [0.717, 1.165) is 35.3 Å². The van der Waals surface area contributed by atoms with Crippen molar-refractivity contribution in [3.05, 3.63) is 71.0 Å². The Morgan fingerprint density at radius 2 is 1.93 bits per heavy atom. The third-order valence-electron chi connectivity index (χ3n) is 8.42. The average molecular weight is 596 g/mol. The number of allylic oxidation sites excluding steroid dienone is 6. The number of carbonyl (C=O) groups excluding carboxylic acids is 2. The molecule has 236 valence electrons. The summed E-state index contributed by atoms with van der Waals surface area (Å²) < 4.78 is 22.8. The van der Waals surface area contributed by atoms with Gasteiger partial charge in [0.15, 0.2) is 5.89 Å². The Morgan fingerprint density at radius 3 is 2.63 bits per heavy atom. The number of aryl methyl sites for hydroxylation is 1. The fourth-order valence-corrected chi connectivity index (χ4v) is 5.80. The molecular weight excluding hydrogens is 546 g/mol. The van der Waals surface area contributed by atoms with Gasteiger partial charge >= 0.3 is 11.9 Å². The minimum absolute atomic E-state index is 0.0515. The van der Waals surface area contributed by atoms with E-state index >= 15 is 0 Å². The second-order valence-corrected chi connectivity index (χ2v) is 12.1. The predicted molar refractivity (Wildman–Crippen MR) is 167 cm³/mol. The van der Waals surface area contributed by atoms with Gasteiger partial charge in [-0.2, -0.15) is 0 Å². The van der Waals surface area contributed by atoms with E-state index in [9.17, 15) is 14.7 Å². The van der Waals surface area contributed by atoms with Gasteiger partial charge < -0.3 is 23.7 Å².